The third-order valence-electron chi connectivity index (χ3n) is 1.81. The minimum absolute atomic E-state index is 0.0400. The van der Waals surface area contributed by atoms with Crippen molar-refractivity contribution in [2.24, 2.45) is 0 Å². The van der Waals surface area contributed by atoms with Crippen LogP contribution < -0.4 is 0 Å². The van der Waals surface area contributed by atoms with Gasteiger partial charge in [0.2, 0.25) is 5.78 Å². The van der Waals surface area contributed by atoms with Gasteiger partial charge >= 0.3 is 0 Å². The first kappa shape index (κ1) is 9.44. The number of ketones is 1. The van der Waals surface area contributed by atoms with Gasteiger partial charge in [0.25, 0.3) is 0 Å². The van der Waals surface area contributed by atoms with E-state index in [1.807, 2.05) is 0 Å². The van der Waals surface area contributed by atoms with Crippen LogP contribution in [0.3, 0.4) is 0 Å². The van der Waals surface area contributed by atoms with Gasteiger partial charge in [-0.1, -0.05) is 23.7 Å². The van der Waals surface area contributed by atoms with Gasteiger partial charge in [0.1, 0.15) is 0 Å². The molecule has 69 valence electrons. The molecule has 2 rings (SSSR count). The molecule has 0 aliphatic heterocycles. The predicted octanol–water partition coefficient (Wildman–Crippen LogP) is 3.43. The molecule has 1 aromatic heterocycles. The molecule has 2 aromatic rings. The number of rotatable bonds is 2. The van der Waals surface area contributed by atoms with E-state index in [0.29, 0.717) is 15.5 Å². The van der Waals surface area contributed by atoms with Crippen molar-refractivity contribution in [1.82, 2.24) is 0 Å². The largest absolute Gasteiger partial charge is 0.288 e. The van der Waals surface area contributed by atoms with Crippen molar-refractivity contribution in [2.45, 2.75) is 0 Å². The highest BCUT2D eigenvalue weighted by Gasteiger charge is 2.12. The number of halogens is 1. The molecule has 0 atom stereocenters. The Hall–Kier alpha value is -1.12. The fourth-order valence-corrected chi connectivity index (χ4v) is 1.96. The van der Waals surface area contributed by atoms with Crippen LogP contribution in [0.25, 0.3) is 0 Å². The lowest BCUT2D eigenvalue weighted by Crippen LogP contribution is -1.98. The molecule has 0 aliphatic rings. The normalized spacial score (nSPS) is 10.1. The smallest absolute Gasteiger partial charge is 0.204 e. The standard InChI is InChI=1S/C11H6ClOS/c12-9-5-2-1-4-8(9)11(13)10-6-3-7-14-10/h1-6H. The number of carbonyl (C=O) groups excluding carboxylic acids is 1. The average molecular weight is 222 g/mol. The summed E-state index contributed by atoms with van der Waals surface area (Å²) in [6, 6.07) is 10.5. The maximum atomic E-state index is 11.8. The van der Waals surface area contributed by atoms with E-state index in [-0.39, 0.29) is 5.78 Å². The van der Waals surface area contributed by atoms with Gasteiger partial charge in [-0.05, 0) is 24.3 Å². The van der Waals surface area contributed by atoms with Crippen molar-refractivity contribution in [3.63, 3.8) is 0 Å². The summed E-state index contributed by atoms with van der Waals surface area (Å²) in [6.07, 6.45) is 0. The number of hydrogen-bond donors (Lipinski definition) is 0. The second kappa shape index (κ2) is 3.95. The van der Waals surface area contributed by atoms with E-state index in [0.717, 1.165) is 0 Å². The van der Waals surface area contributed by atoms with Gasteiger partial charge in [-0.2, -0.15) is 0 Å². The molecule has 0 spiro atoms. The van der Waals surface area contributed by atoms with Crippen LogP contribution in [0.4, 0.5) is 0 Å². The molecule has 3 heteroatoms. The van der Waals surface area contributed by atoms with E-state index in [2.05, 4.69) is 5.38 Å². The summed E-state index contributed by atoms with van der Waals surface area (Å²) in [6.45, 7) is 0. The highest BCUT2D eigenvalue weighted by atomic mass is 35.5. The molecule has 1 radical (unpaired) electrons. The molecule has 1 heterocycles. The average Bonchev–Trinajstić information content (AvgIpc) is 2.70. The Morgan fingerprint density at radius 3 is 2.71 bits per heavy atom. The zero-order chi connectivity index (χ0) is 9.97. The van der Waals surface area contributed by atoms with Crippen LogP contribution in [-0.2, 0) is 0 Å². The van der Waals surface area contributed by atoms with Gasteiger partial charge < -0.3 is 0 Å². The molecule has 0 amide bonds. The molecule has 0 saturated carbocycles. The van der Waals surface area contributed by atoms with Crippen molar-refractivity contribution in [1.29, 1.82) is 0 Å². The Balaban J connectivity index is 2.42. The summed E-state index contributed by atoms with van der Waals surface area (Å²) in [5.74, 6) is -0.0400. The Morgan fingerprint density at radius 2 is 2.07 bits per heavy atom. The summed E-state index contributed by atoms with van der Waals surface area (Å²) in [5.41, 5.74) is 0.546. The van der Waals surface area contributed by atoms with E-state index in [9.17, 15) is 4.79 Å². The molecule has 0 unspecified atom stereocenters. The number of carbonyl (C=O) groups is 1. The first-order valence-electron chi connectivity index (χ1n) is 4.04. The van der Waals surface area contributed by atoms with Crippen LogP contribution in [-0.4, -0.2) is 5.78 Å². The van der Waals surface area contributed by atoms with Crippen LogP contribution >= 0.6 is 22.9 Å². The minimum atomic E-state index is -0.0400. The van der Waals surface area contributed by atoms with Gasteiger partial charge in [0, 0.05) is 10.9 Å². The van der Waals surface area contributed by atoms with Crippen molar-refractivity contribution >= 4 is 28.7 Å². The van der Waals surface area contributed by atoms with Crippen molar-refractivity contribution in [2.75, 3.05) is 0 Å². The maximum absolute atomic E-state index is 11.8. The van der Waals surface area contributed by atoms with E-state index in [1.54, 1.807) is 36.4 Å². The van der Waals surface area contributed by atoms with E-state index in [4.69, 9.17) is 11.6 Å². The molecule has 14 heavy (non-hydrogen) atoms. The van der Waals surface area contributed by atoms with E-state index >= 15 is 0 Å². The zero-order valence-corrected chi connectivity index (χ0v) is 8.73. The van der Waals surface area contributed by atoms with E-state index in [1.165, 1.54) is 11.3 Å². The van der Waals surface area contributed by atoms with Crippen LogP contribution in [0.1, 0.15) is 15.2 Å². The first-order chi connectivity index (χ1) is 6.79. The summed E-state index contributed by atoms with van der Waals surface area (Å²) in [4.78, 5) is 12.5. The lowest BCUT2D eigenvalue weighted by Gasteiger charge is -1.99. The number of thiophene rings is 1. The van der Waals surface area contributed by atoms with Crippen LogP contribution in [0, 0.1) is 5.38 Å². The minimum Gasteiger partial charge on any atom is -0.288 e. The molecule has 1 nitrogen and oxygen atoms in total. The monoisotopic (exact) mass is 221 g/mol. The third-order valence-corrected chi connectivity index (χ3v) is 2.94. The Kier molecular flexibility index (Phi) is 2.66. The van der Waals surface area contributed by atoms with Gasteiger partial charge in [0.15, 0.2) is 0 Å². The fourth-order valence-electron chi connectivity index (χ4n) is 1.14. The first-order valence-corrected chi connectivity index (χ1v) is 5.23. The number of hydrogen-bond acceptors (Lipinski definition) is 2. The topological polar surface area (TPSA) is 17.1 Å². The van der Waals surface area contributed by atoms with Crippen LogP contribution in [0.2, 0.25) is 5.02 Å². The predicted molar refractivity (Wildman–Crippen MR) is 58.0 cm³/mol. The third kappa shape index (κ3) is 1.72. The Morgan fingerprint density at radius 1 is 1.29 bits per heavy atom. The maximum Gasteiger partial charge on any atom is 0.204 e. The number of benzene rings is 1. The second-order valence-corrected chi connectivity index (χ2v) is 4.01. The van der Waals surface area contributed by atoms with E-state index < -0.39 is 0 Å². The highest BCUT2D eigenvalue weighted by Crippen LogP contribution is 2.20. The summed E-state index contributed by atoms with van der Waals surface area (Å²) >= 11 is 7.21. The van der Waals surface area contributed by atoms with Crippen LogP contribution in [0.5, 0.6) is 0 Å². The fraction of sp³-hybridized carbons (Fsp3) is 0. The molecular formula is C11H6ClOS. The van der Waals surface area contributed by atoms with Gasteiger partial charge in [-0.3, -0.25) is 4.79 Å². The summed E-state index contributed by atoms with van der Waals surface area (Å²) < 4.78 is 0. The molecule has 0 saturated heterocycles. The quantitative estimate of drug-likeness (QED) is 0.710. The summed E-state index contributed by atoms with van der Waals surface area (Å²) in [7, 11) is 0. The molecule has 0 aliphatic carbocycles. The second-order valence-electron chi connectivity index (χ2n) is 2.73. The summed E-state index contributed by atoms with van der Waals surface area (Å²) in [5, 5.41) is 3.37. The van der Waals surface area contributed by atoms with Gasteiger partial charge in [-0.15, -0.1) is 11.3 Å². The van der Waals surface area contributed by atoms with Gasteiger partial charge in [0.05, 0.1) is 9.90 Å². The lowest BCUT2D eigenvalue weighted by atomic mass is 10.1. The highest BCUT2D eigenvalue weighted by molar-refractivity contribution is 7.11. The SMILES string of the molecule is O=C(c1cc[c]s1)c1ccccc1Cl. The van der Waals surface area contributed by atoms with Crippen molar-refractivity contribution < 1.29 is 4.79 Å². The Labute approximate surface area is 91.0 Å². The van der Waals surface area contributed by atoms with Crippen molar-refractivity contribution in [3.8, 4) is 0 Å². The van der Waals surface area contributed by atoms with Gasteiger partial charge in [-0.25, -0.2) is 0 Å². The Bertz CT molecular complexity index is 448. The van der Waals surface area contributed by atoms with Crippen molar-refractivity contribution in [3.05, 3.63) is 57.2 Å². The molecule has 0 bridgehead atoms. The molecular weight excluding hydrogens is 216 g/mol. The molecule has 1 aromatic carbocycles. The molecule has 0 fully saturated rings. The van der Waals surface area contributed by atoms with Crippen LogP contribution in [0.15, 0.2) is 36.4 Å². The molecule has 0 N–H and O–H groups in total. The lowest BCUT2D eigenvalue weighted by molar-refractivity contribution is 0.104. The zero-order valence-electron chi connectivity index (χ0n) is 7.16.